The first-order valence-electron chi connectivity index (χ1n) is 9.43. The minimum Gasteiger partial charge on any atom is -0.495 e. The van der Waals surface area contributed by atoms with Crippen LogP contribution in [0.4, 0.5) is 11.4 Å². The summed E-state index contributed by atoms with van der Waals surface area (Å²) in [7, 11) is -2.48. The summed E-state index contributed by atoms with van der Waals surface area (Å²) in [6, 6.07) is 21.4. The third-order valence-electron chi connectivity index (χ3n) is 4.37. The SMILES string of the molecule is COc1ccccc1NS(=O)(=O)c1cc(NC(=S)NCCc2ccccc2)ccc1Cl. The summed E-state index contributed by atoms with van der Waals surface area (Å²) in [5, 5.41) is 6.59. The van der Waals surface area contributed by atoms with Gasteiger partial charge in [-0.3, -0.25) is 4.72 Å². The number of thiocarbonyl (C=S) groups is 1. The Labute approximate surface area is 192 Å². The topological polar surface area (TPSA) is 79.5 Å². The van der Waals surface area contributed by atoms with Crippen LogP contribution in [0.25, 0.3) is 0 Å². The van der Waals surface area contributed by atoms with Crippen molar-refractivity contribution in [2.75, 3.05) is 23.7 Å². The average Bonchev–Trinajstić information content (AvgIpc) is 2.76. The summed E-state index contributed by atoms with van der Waals surface area (Å²) >= 11 is 11.5. The van der Waals surface area contributed by atoms with Crippen LogP contribution in [-0.2, 0) is 16.4 Å². The Morgan fingerprint density at radius 3 is 2.48 bits per heavy atom. The van der Waals surface area contributed by atoms with Crippen LogP contribution in [-0.4, -0.2) is 27.2 Å². The molecule has 0 spiro atoms. The number of rotatable bonds is 8. The molecule has 0 radical (unpaired) electrons. The minimum absolute atomic E-state index is 0.0721. The average molecular weight is 476 g/mol. The van der Waals surface area contributed by atoms with Crippen LogP contribution in [0.3, 0.4) is 0 Å². The van der Waals surface area contributed by atoms with E-state index >= 15 is 0 Å². The number of benzene rings is 3. The Balaban J connectivity index is 1.68. The zero-order valence-corrected chi connectivity index (χ0v) is 19.2. The van der Waals surface area contributed by atoms with Crippen molar-refractivity contribution in [2.24, 2.45) is 0 Å². The predicted molar refractivity (Wildman–Crippen MR) is 130 cm³/mol. The fourth-order valence-electron chi connectivity index (χ4n) is 2.86. The highest BCUT2D eigenvalue weighted by atomic mass is 35.5. The molecule has 0 aromatic heterocycles. The van der Waals surface area contributed by atoms with E-state index in [1.807, 2.05) is 30.3 Å². The fourth-order valence-corrected chi connectivity index (χ4v) is 4.67. The summed E-state index contributed by atoms with van der Waals surface area (Å²) in [5.41, 5.74) is 2.01. The second-order valence-corrected chi connectivity index (χ2v) is 9.03. The fraction of sp³-hybridized carbons (Fsp3) is 0.136. The van der Waals surface area contributed by atoms with Gasteiger partial charge in [-0.2, -0.15) is 0 Å². The molecule has 0 saturated heterocycles. The lowest BCUT2D eigenvalue weighted by Crippen LogP contribution is -2.30. The molecular formula is C22H22ClN3O3S2. The smallest absolute Gasteiger partial charge is 0.263 e. The Bertz CT molecular complexity index is 1160. The number of ether oxygens (including phenoxy) is 1. The van der Waals surface area contributed by atoms with E-state index in [9.17, 15) is 8.42 Å². The summed E-state index contributed by atoms with van der Waals surface area (Å²) in [6.07, 6.45) is 0.811. The largest absolute Gasteiger partial charge is 0.495 e. The van der Waals surface area contributed by atoms with Crippen molar-refractivity contribution in [3.05, 3.63) is 83.4 Å². The van der Waals surface area contributed by atoms with E-state index < -0.39 is 10.0 Å². The molecule has 0 heterocycles. The zero-order valence-electron chi connectivity index (χ0n) is 16.8. The number of para-hydroxylation sites is 2. The van der Waals surface area contributed by atoms with Crippen molar-refractivity contribution in [1.29, 1.82) is 0 Å². The van der Waals surface area contributed by atoms with Crippen LogP contribution >= 0.6 is 23.8 Å². The van der Waals surface area contributed by atoms with Crippen LogP contribution < -0.4 is 20.1 Å². The molecule has 162 valence electrons. The Hall–Kier alpha value is -2.81. The van der Waals surface area contributed by atoms with Gasteiger partial charge in [0, 0.05) is 12.2 Å². The quantitative estimate of drug-likeness (QED) is 0.410. The highest BCUT2D eigenvalue weighted by Crippen LogP contribution is 2.30. The van der Waals surface area contributed by atoms with Crippen molar-refractivity contribution >= 4 is 50.3 Å². The van der Waals surface area contributed by atoms with E-state index in [0.717, 1.165) is 6.42 Å². The second kappa shape index (κ2) is 10.5. The van der Waals surface area contributed by atoms with Gasteiger partial charge in [0.1, 0.15) is 10.6 Å². The molecular weight excluding hydrogens is 454 g/mol. The summed E-state index contributed by atoms with van der Waals surface area (Å²) < 4.78 is 33.6. The molecule has 6 nitrogen and oxygen atoms in total. The van der Waals surface area contributed by atoms with Crippen molar-refractivity contribution in [3.63, 3.8) is 0 Å². The van der Waals surface area contributed by atoms with Gasteiger partial charge in [0.05, 0.1) is 17.8 Å². The number of halogens is 1. The molecule has 0 amide bonds. The predicted octanol–water partition coefficient (Wildman–Crippen LogP) is 4.68. The highest BCUT2D eigenvalue weighted by molar-refractivity contribution is 7.92. The van der Waals surface area contributed by atoms with Gasteiger partial charge in [-0.25, -0.2) is 8.42 Å². The molecule has 0 fully saturated rings. The van der Waals surface area contributed by atoms with Crippen LogP contribution in [0.5, 0.6) is 5.75 Å². The maximum absolute atomic E-state index is 12.9. The number of hydrogen-bond donors (Lipinski definition) is 3. The lowest BCUT2D eigenvalue weighted by atomic mass is 10.1. The lowest BCUT2D eigenvalue weighted by molar-refractivity contribution is 0.417. The molecule has 9 heteroatoms. The van der Waals surface area contributed by atoms with E-state index in [2.05, 4.69) is 15.4 Å². The molecule has 3 N–H and O–H groups in total. The van der Waals surface area contributed by atoms with Crippen LogP contribution in [0.1, 0.15) is 5.56 Å². The first-order chi connectivity index (χ1) is 14.9. The van der Waals surface area contributed by atoms with Crippen LogP contribution in [0.15, 0.2) is 77.7 Å². The van der Waals surface area contributed by atoms with Crippen molar-refractivity contribution in [2.45, 2.75) is 11.3 Å². The van der Waals surface area contributed by atoms with Crippen molar-refractivity contribution < 1.29 is 13.2 Å². The molecule has 0 saturated carbocycles. The third kappa shape index (κ3) is 6.33. The number of nitrogens with one attached hydrogen (secondary N) is 3. The molecule has 31 heavy (non-hydrogen) atoms. The maximum Gasteiger partial charge on any atom is 0.263 e. The van der Waals surface area contributed by atoms with Gasteiger partial charge < -0.3 is 15.4 Å². The molecule has 0 atom stereocenters. The Kier molecular flexibility index (Phi) is 7.73. The Morgan fingerprint density at radius 2 is 1.74 bits per heavy atom. The zero-order chi connectivity index (χ0) is 22.3. The molecule has 3 rings (SSSR count). The molecule has 0 aliphatic rings. The van der Waals surface area contributed by atoms with E-state index in [1.165, 1.54) is 24.8 Å². The summed E-state index contributed by atoms with van der Waals surface area (Å²) in [6.45, 7) is 0.643. The first-order valence-corrected chi connectivity index (χ1v) is 11.7. The van der Waals surface area contributed by atoms with Gasteiger partial charge in [-0.05, 0) is 54.5 Å². The molecule has 0 aliphatic heterocycles. The Morgan fingerprint density at radius 1 is 1.03 bits per heavy atom. The number of methoxy groups -OCH3 is 1. The lowest BCUT2D eigenvalue weighted by Gasteiger charge is -2.15. The molecule has 3 aromatic rings. The first kappa shape index (κ1) is 22.9. The summed E-state index contributed by atoms with van der Waals surface area (Å²) in [4.78, 5) is -0.0721. The number of anilines is 2. The van der Waals surface area contributed by atoms with E-state index in [1.54, 1.807) is 30.3 Å². The molecule has 0 unspecified atom stereocenters. The van der Waals surface area contributed by atoms with Gasteiger partial charge in [-0.1, -0.05) is 54.1 Å². The van der Waals surface area contributed by atoms with E-state index in [-0.39, 0.29) is 9.92 Å². The molecule has 0 aliphatic carbocycles. The van der Waals surface area contributed by atoms with Crippen molar-refractivity contribution in [3.8, 4) is 5.75 Å². The van der Waals surface area contributed by atoms with Gasteiger partial charge in [0.15, 0.2) is 5.11 Å². The van der Waals surface area contributed by atoms with E-state index in [4.69, 9.17) is 28.6 Å². The standard InChI is InChI=1S/C22H22ClN3O3S2/c1-29-20-10-6-5-9-19(20)26-31(27,28)21-15-17(11-12-18(21)23)25-22(30)24-14-13-16-7-3-2-4-8-16/h2-12,15,26H,13-14H2,1H3,(H2,24,25,30). The molecule has 0 bridgehead atoms. The van der Waals surface area contributed by atoms with Gasteiger partial charge in [0.2, 0.25) is 0 Å². The van der Waals surface area contributed by atoms with Gasteiger partial charge in [-0.15, -0.1) is 0 Å². The normalized spacial score (nSPS) is 10.9. The van der Waals surface area contributed by atoms with Gasteiger partial charge in [0.25, 0.3) is 10.0 Å². The summed E-state index contributed by atoms with van der Waals surface area (Å²) in [5.74, 6) is 0.403. The molecule has 3 aromatic carbocycles. The number of hydrogen-bond acceptors (Lipinski definition) is 4. The van der Waals surface area contributed by atoms with E-state index in [0.29, 0.717) is 28.8 Å². The monoisotopic (exact) mass is 475 g/mol. The second-order valence-electron chi connectivity index (χ2n) is 6.57. The number of sulfonamides is 1. The minimum atomic E-state index is -3.95. The van der Waals surface area contributed by atoms with Gasteiger partial charge >= 0.3 is 0 Å². The van der Waals surface area contributed by atoms with Crippen molar-refractivity contribution in [1.82, 2.24) is 5.32 Å². The third-order valence-corrected chi connectivity index (χ3v) is 6.47. The maximum atomic E-state index is 12.9. The van der Waals surface area contributed by atoms with Crippen LogP contribution in [0, 0.1) is 0 Å². The highest BCUT2D eigenvalue weighted by Gasteiger charge is 2.20. The van der Waals surface area contributed by atoms with Crippen LogP contribution in [0.2, 0.25) is 5.02 Å².